The van der Waals surface area contributed by atoms with Gasteiger partial charge in [0.1, 0.15) is 5.75 Å². The molecular weight excluding hydrogens is 428 g/mol. The molecule has 3 aromatic rings. The van der Waals surface area contributed by atoms with Crippen molar-refractivity contribution in [3.8, 4) is 17.0 Å². The molecule has 32 heavy (non-hydrogen) atoms. The van der Waals surface area contributed by atoms with Crippen molar-refractivity contribution in [2.24, 2.45) is 0 Å². The fourth-order valence-electron chi connectivity index (χ4n) is 3.36. The van der Waals surface area contributed by atoms with Gasteiger partial charge in [0, 0.05) is 39.9 Å². The number of phenolic OH excluding ortho intramolecular Hbond substituents is 1. The number of aromatic nitrogens is 2. The smallest absolute Gasteiger partial charge is 0.342 e. The Morgan fingerprint density at radius 3 is 2.53 bits per heavy atom. The standard InChI is InChI=1S/C24H25ClN4O3/c1-3-14(2)26-24(32)29-21(15-4-5-15)13-20(28-29)19-11-10-18(12-22(19)30)27-23(31)16-6-8-17(25)9-7-16/h6-15,30H,3-5H2,1-2H3,(H,26,32)(H,27,31). The minimum atomic E-state index is -0.309. The molecule has 4 rings (SSSR count). The molecule has 1 saturated carbocycles. The van der Waals surface area contributed by atoms with Crippen LogP contribution in [-0.2, 0) is 0 Å². The second kappa shape index (κ2) is 9.04. The lowest BCUT2D eigenvalue weighted by Gasteiger charge is -2.12. The number of rotatable bonds is 6. The van der Waals surface area contributed by atoms with Crippen molar-refractivity contribution in [2.45, 2.75) is 45.1 Å². The van der Waals surface area contributed by atoms with Gasteiger partial charge in [-0.3, -0.25) is 4.79 Å². The van der Waals surface area contributed by atoms with E-state index in [2.05, 4.69) is 15.7 Å². The Kier molecular flexibility index (Phi) is 6.19. The first kappa shape index (κ1) is 21.9. The lowest BCUT2D eigenvalue weighted by Crippen LogP contribution is -2.36. The Bertz CT molecular complexity index is 1150. The SMILES string of the molecule is CCC(C)NC(=O)n1nc(-c2ccc(NC(=O)c3ccc(Cl)cc3)cc2O)cc1C1CC1. The van der Waals surface area contributed by atoms with E-state index in [-0.39, 0.29) is 23.7 Å². The molecule has 3 N–H and O–H groups in total. The van der Waals surface area contributed by atoms with Crippen LogP contribution in [0.1, 0.15) is 55.1 Å². The Hall–Kier alpha value is -3.32. The van der Waals surface area contributed by atoms with Crippen molar-refractivity contribution >= 4 is 29.2 Å². The number of anilines is 1. The number of carbonyl (C=O) groups is 2. The first-order valence-corrected chi connectivity index (χ1v) is 11.0. The molecule has 1 aliphatic rings. The molecule has 2 amide bonds. The topological polar surface area (TPSA) is 96.3 Å². The van der Waals surface area contributed by atoms with Crippen molar-refractivity contribution < 1.29 is 14.7 Å². The number of hydrogen-bond acceptors (Lipinski definition) is 4. The van der Waals surface area contributed by atoms with Crippen LogP contribution in [0, 0.1) is 0 Å². The molecule has 8 heteroatoms. The number of nitrogens with one attached hydrogen (secondary N) is 2. The van der Waals surface area contributed by atoms with E-state index in [1.165, 1.54) is 10.7 Å². The van der Waals surface area contributed by atoms with E-state index in [0.29, 0.717) is 33.4 Å². The van der Waals surface area contributed by atoms with Crippen LogP contribution in [0.4, 0.5) is 10.5 Å². The zero-order valence-electron chi connectivity index (χ0n) is 17.9. The predicted octanol–water partition coefficient (Wildman–Crippen LogP) is 5.40. The highest BCUT2D eigenvalue weighted by Crippen LogP contribution is 2.42. The van der Waals surface area contributed by atoms with Crippen LogP contribution in [0.5, 0.6) is 5.75 Å². The van der Waals surface area contributed by atoms with E-state index in [1.807, 2.05) is 19.9 Å². The third-order valence-corrected chi connectivity index (χ3v) is 5.80. The molecule has 2 aromatic carbocycles. The summed E-state index contributed by atoms with van der Waals surface area (Å²) in [5.74, 6) is -0.0388. The molecule has 7 nitrogen and oxygen atoms in total. The van der Waals surface area contributed by atoms with Crippen LogP contribution in [-0.4, -0.2) is 32.9 Å². The van der Waals surface area contributed by atoms with E-state index in [4.69, 9.17) is 11.6 Å². The summed E-state index contributed by atoms with van der Waals surface area (Å²) in [6.07, 6.45) is 2.86. The molecule has 1 heterocycles. The number of halogens is 1. The summed E-state index contributed by atoms with van der Waals surface area (Å²) < 4.78 is 1.41. The van der Waals surface area contributed by atoms with E-state index >= 15 is 0 Å². The molecule has 0 aliphatic heterocycles. The molecule has 1 fully saturated rings. The van der Waals surface area contributed by atoms with Crippen LogP contribution in [0.25, 0.3) is 11.3 Å². The van der Waals surface area contributed by atoms with Gasteiger partial charge >= 0.3 is 6.03 Å². The highest BCUT2D eigenvalue weighted by atomic mass is 35.5. The van der Waals surface area contributed by atoms with Crippen molar-refractivity contribution in [2.75, 3.05) is 5.32 Å². The maximum absolute atomic E-state index is 12.7. The first-order valence-electron chi connectivity index (χ1n) is 10.7. The van der Waals surface area contributed by atoms with Crippen molar-refractivity contribution in [1.82, 2.24) is 15.1 Å². The minimum Gasteiger partial charge on any atom is -0.507 e. The summed E-state index contributed by atoms with van der Waals surface area (Å²) in [5.41, 5.74) is 2.76. The van der Waals surface area contributed by atoms with E-state index in [1.54, 1.807) is 36.4 Å². The summed E-state index contributed by atoms with van der Waals surface area (Å²) >= 11 is 5.86. The highest BCUT2D eigenvalue weighted by Gasteiger charge is 2.31. The second-order valence-corrected chi connectivity index (χ2v) is 8.53. The van der Waals surface area contributed by atoms with Crippen LogP contribution in [0.3, 0.4) is 0 Å². The maximum atomic E-state index is 12.7. The van der Waals surface area contributed by atoms with Crippen LogP contribution >= 0.6 is 11.6 Å². The van der Waals surface area contributed by atoms with Crippen molar-refractivity contribution in [3.63, 3.8) is 0 Å². The number of amides is 2. The average molecular weight is 453 g/mol. The Morgan fingerprint density at radius 2 is 1.91 bits per heavy atom. The lowest BCUT2D eigenvalue weighted by atomic mass is 10.1. The van der Waals surface area contributed by atoms with Gasteiger partial charge in [-0.05, 0) is 68.7 Å². The molecule has 1 unspecified atom stereocenters. The summed E-state index contributed by atoms with van der Waals surface area (Å²) in [6.45, 7) is 3.95. The number of benzene rings is 2. The molecule has 0 bridgehead atoms. The van der Waals surface area contributed by atoms with E-state index in [9.17, 15) is 14.7 Å². The average Bonchev–Trinajstić information content (AvgIpc) is 3.52. The van der Waals surface area contributed by atoms with Crippen LogP contribution in [0.2, 0.25) is 5.02 Å². The molecule has 0 spiro atoms. The monoisotopic (exact) mass is 452 g/mol. The summed E-state index contributed by atoms with van der Waals surface area (Å²) in [5, 5.41) is 21.3. The summed E-state index contributed by atoms with van der Waals surface area (Å²) in [6, 6.07) is 13.0. The van der Waals surface area contributed by atoms with Gasteiger partial charge in [0.2, 0.25) is 0 Å². The normalized spacial score (nSPS) is 14.1. The summed E-state index contributed by atoms with van der Waals surface area (Å²) in [4.78, 5) is 25.1. The molecule has 1 aliphatic carbocycles. The predicted molar refractivity (Wildman–Crippen MR) is 124 cm³/mol. The zero-order valence-corrected chi connectivity index (χ0v) is 18.7. The zero-order chi connectivity index (χ0) is 22.8. The molecule has 1 atom stereocenters. The van der Waals surface area contributed by atoms with Gasteiger partial charge < -0.3 is 15.7 Å². The van der Waals surface area contributed by atoms with Crippen molar-refractivity contribution in [3.05, 3.63) is 64.8 Å². The highest BCUT2D eigenvalue weighted by molar-refractivity contribution is 6.30. The second-order valence-electron chi connectivity index (χ2n) is 8.09. The van der Waals surface area contributed by atoms with Gasteiger partial charge in [-0.1, -0.05) is 18.5 Å². The Morgan fingerprint density at radius 1 is 1.19 bits per heavy atom. The third kappa shape index (κ3) is 4.78. The molecule has 0 saturated heterocycles. The third-order valence-electron chi connectivity index (χ3n) is 5.55. The number of nitrogens with zero attached hydrogens (tertiary/aromatic N) is 2. The van der Waals surface area contributed by atoms with Gasteiger partial charge in [-0.15, -0.1) is 0 Å². The van der Waals surface area contributed by atoms with E-state index < -0.39 is 0 Å². The quantitative estimate of drug-likeness (QED) is 0.466. The minimum absolute atomic E-state index is 0.0340. The molecule has 166 valence electrons. The van der Waals surface area contributed by atoms with Gasteiger partial charge in [-0.2, -0.15) is 9.78 Å². The largest absolute Gasteiger partial charge is 0.507 e. The number of carbonyl (C=O) groups excluding carboxylic acids is 2. The fourth-order valence-corrected chi connectivity index (χ4v) is 3.49. The Balaban J connectivity index is 1.56. The maximum Gasteiger partial charge on any atom is 0.342 e. The number of aromatic hydroxyl groups is 1. The van der Waals surface area contributed by atoms with Gasteiger partial charge in [-0.25, -0.2) is 4.79 Å². The molecular formula is C24H25ClN4O3. The van der Waals surface area contributed by atoms with E-state index in [0.717, 1.165) is 25.0 Å². The number of hydrogen-bond donors (Lipinski definition) is 3. The Labute approximate surface area is 191 Å². The van der Waals surface area contributed by atoms with Crippen molar-refractivity contribution in [1.29, 1.82) is 0 Å². The molecule has 0 radical (unpaired) electrons. The van der Waals surface area contributed by atoms with Gasteiger partial charge in [0.05, 0.1) is 11.4 Å². The van der Waals surface area contributed by atoms with Gasteiger partial charge in [0.15, 0.2) is 0 Å². The fraction of sp³-hybridized carbons (Fsp3) is 0.292. The van der Waals surface area contributed by atoms with Crippen LogP contribution < -0.4 is 10.6 Å². The first-order chi connectivity index (χ1) is 15.4. The van der Waals surface area contributed by atoms with Gasteiger partial charge in [0.25, 0.3) is 5.91 Å². The lowest BCUT2D eigenvalue weighted by molar-refractivity contribution is 0.102. The number of phenols is 1. The molecule has 1 aromatic heterocycles. The summed E-state index contributed by atoms with van der Waals surface area (Å²) in [7, 11) is 0. The van der Waals surface area contributed by atoms with Crippen LogP contribution in [0.15, 0.2) is 48.5 Å².